The largest absolute Gasteiger partial charge is 0.495 e. The summed E-state index contributed by atoms with van der Waals surface area (Å²) >= 11 is 0. The molecule has 1 heterocycles. The maximum atomic E-state index is 12.6. The topological polar surface area (TPSA) is 140 Å². The van der Waals surface area contributed by atoms with E-state index in [0.29, 0.717) is 36.1 Å². The van der Waals surface area contributed by atoms with Gasteiger partial charge in [0.2, 0.25) is 26.0 Å². The molecule has 13 heteroatoms. The summed E-state index contributed by atoms with van der Waals surface area (Å²) in [6.07, 6.45) is 1.29. The van der Waals surface area contributed by atoms with Gasteiger partial charge in [-0.2, -0.15) is 0 Å². The summed E-state index contributed by atoms with van der Waals surface area (Å²) in [5.74, 6) is 0.870. The van der Waals surface area contributed by atoms with Gasteiger partial charge in [-0.1, -0.05) is 0 Å². The first kappa shape index (κ1) is 27.6. The van der Waals surface area contributed by atoms with Crippen LogP contribution >= 0.6 is 0 Å². The molecule has 0 radical (unpaired) electrons. The molecule has 1 aliphatic heterocycles. The first-order valence-electron chi connectivity index (χ1n) is 11.3. The van der Waals surface area contributed by atoms with Gasteiger partial charge in [0.25, 0.3) is 0 Å². The van der Waals surface area contributed by atoms with Gasteiger partial charge in [0.1, 0.15) is 19.0 Å². The third-order valence-electron chi connectivity index (χ3n) is 5.13. The quantitative estimate of drug-likeness (QED) is 0.442. The predicted molar refractivity (Wildman–Crippen MR) is 136 cm³/mol. The monoisotopic (exact) mass is 541 g/mol. The zero-order valence-electron chi connectivity index (χ0n) is 20.6. The van der Waals surface area contributed by atoms with Crippen molar-refractivity contribution >= 4 is 37.3 Å². The van der Waals surface area contributed by atoms with Gasteiger partial charge in [-0.05, 0) is 50.6 Å². The highest BCUT2D eigenvalue weighted by atomic mass is 32.2. The van der Waals surface area contributed by atoms with Crippen LogP contribution in [0.4, 0.5) is 11.4 Å². The fraction of sp³-hybridized carbons (Fsp3) is 0.435. The smallest absolute Gasteiger partial charge is 0.240 e. The summed E-state index contributed by atoms with van der Waals surface area (Å²) in [5, 5.41) is 2.66. The van der Waals surface area contributed by atoms with E-state index in [1.54, 1.807) is 32.0 Å². The molecule has 2 aromatic carbocycles. The van der Waals surface area contributed by atoms with Crippen molar-refractivity contribution in [3.63, 3.8) is 0 Å². The van der Waals surface area contributed by atoms with E-state index in [4.69, 9.17) is 14.2 Å². The number of methoxy groups -OCH3 is 1. The second-order valence-electron chi connectivity index (χ2n) is 8.45. The molecule has 0 bridgehead atoms. The second-order valence-corrected chi connectivity index (χ2v) is 12.1. The molecule has 1 amide bonds. The lowest BCUT2D eigenvalue weighted by Crippen LogP contribution is -2.31. The maximum absolute atomic E-state index is 12.6. The second kappa shape index (κ2) is 11.4. The van der Waals surface area contributed by atoms with Gasteiger partial charge in [0, 0.05) is 25.1 Å². The van der Waals surface area contributed by atoms with E-state index in [2.05, 4.69) is 10.0 Å². The van der Waals surface area contributed by atoms with E-state index in [0.717, 1.165) is 6.26 Å². The van der Waals surface area contributed by atoms with Crippen LogP contribution in [0.15, 0.2) is 41.3 Å². The number of hydrogen-bond acceptors (Lipinski definition) is 8. The molecule has 0 atom stereocenters. The standard InChI is InChI=1S/C23H31N3O8S2/c1-16(2)25-36(30,31)18-8-10-20(32-3)19(15-18)24-23(27)6-5-11-26(35(4,28)29)17-7-9-21-22(14-17)34-13-12-33-21/h7-10,14-16,25H,5-6,11-13H2,1-4H3,(H,24,27). The van der Waals surface area contributed by atoms with Crippen LogP contribution in [0, 0.1) is 0 Å². The Morgan fingerprint density at radius 1 is 1.06 bits per heavy atom. The Balaban J connectivity index is 1.69. The Bertz CT molecular complexity index is 1310. The molecular weight excluding hydrogens is 510 g/mol. The summed E-state index contributed by atoms with van der Waals surface area (Å²) in [6, 6.07) is 8.72. The van der Waals surface area contributed by atoms with Crippen molar-refractivity contribution in [2.75, 3.05) is 42.7 Å². The number of anilines is 2. The molecule has 198 valence electrons. The zero-order chi connectivity index (χ0) is 26.5. The highest BCUT2D eigenvalue weighted by Gasteiger charge is 2.22. The van der Waals surface area contributed by atoms with Crippen molar-refractivity contribution < 1.29 is 35.8 Å². The number of amides is 1. The molecule has 2 aromatic rings. The van der Waals surface area contributed by atoms with E-state index in [1.165, 1.54) is 29.6 Å². The van der Waals surface area contributed by atoms with Crippen molar-refractivity contribution in [3.8, 4) is 17.2 Å². The lowest BCUT2D eigenvalue weighted by Gasteiger charge is -2.25. The average molecular weight is 542 g/mol. The number of nitrogens with zero attached hydrogens (tertiary/aromatic N) is 1. The molecule has 0 aliphatic carbocycles. The van der Waals surface area contributed by atoms with Crippen molar-refractivity contribution in [1.29, 1.82) is 0 Å². The minimum atomic E-state index is -3.77. The number of sulfonamides is 2. The molecule has 1 aliphatic rings. The number of fused-ring (bicyclic) bond motifs is 1. The number of carbonyl (C=O) groups is 1. The summed E-state index contributed by atoms with van der Waals surface area (Å²) in [5.41, 5.74) is 0.598. The molecule has 0 saturated carbocycles. The van der Waals surface area contributed by atoms with Crippen LogP contribution in [-0.2, 0) is 24.8 Å². The molecule has 0 unspecified atom stereocenters. The van der Waals surface area contributed by atoms with Crippen LogP contribution in [0.2, 0.25) is 0 Å². The number of benzene rings is 2. The molecule has 0 aromatic heterocycles. The average Bonchev–Trinajstić information content (AvgIpc) is 2.80. The highest BCUT2D eigenvalue weighted by molar-refractivity contribution is 7.92. The van der Waals surface area contributed by atoms with Crippen molar-refractivity contribution in [2.45, 2.75) is 37.6 Å². The third kappa shape index (κ3) is 7.02. The van der Waals surface area contributed by atoms with E-state index < -0.39 is 26.0 Å². The van der Waals surface area contributed by atoms with Crippen LogP contribution in [0.25, 0.3) is 0 Å². The van der Waals surface area contributed by atoms with E-state index >= 15 is 0 Å². The van der Waals surface area contributed by atoms with Crippen LogP contribution in [0.3, 0.4) is 0 Å². The third-order valence-corrected chi connectivity index (χ3v) is 7.98. The molecule has 2 N–H and O–H groups in total. The summed E-state index contributed by atoms with van der Waals surface area (Å²) in [7, 11) is -6.00. The van der Waals surface area contributed by atoms with Crippen molar-refractivity contribution in [2.24, 2.45) is 0 Å². The van der Waals surface area contributed by atoms with Gasteiger partial charge in [-0.25, -0.2) is 21.6 Å². The first-order chi connectivity index (χ1) is 16.9. The van der Waals surface area contributed by atoms with E-state index in [-0.39, 0.29) is 36.0 Å². The van der Waals surface area contributed by atoms with Crippen LogP contribution in [0.1, 0.15) is 26.7 Å². The Morgan fingerprint density at radius 2 is 1.75 bits per heavy atom. The van der Waals surface area contributed by atoms with Crippen LogP contribution < -0.4 is 28.6 Å². The van der Waals surface area contributed by atoms with Crippen molar-refractivity contribution in [3.05, 3.63) is 36.4 Å². The Kier molecular flexibility index (Phi) is 8.69. The number of rotatable bonds is 11. The summed E-state index contributed by atoms with van der Waals surface area (Å²) in [6.45, 7) is 4.25. The Morgan fingerprint density at radius 3 is 2.39 bits per heavy atom. The van der Waals surface area contributed by atoms with Gasteiger partial charge < -0.3 is 19.5 Å². The van der Waals surface area contributed by atoms with Gasteiger partial charge >= 0.3 is 0 Å². The van der Waals surface area contributed by atoms with Crippen LogP contribution in [-0.4, -0.2) is 61.9 Å². The lowest BCUT2D eigenvalue weighted by atomic mass is 10.2. The number of carbonyl (C=O) groups excluding carboxylic acids is 1. The van der Waals surface area contributed by atoms with E-state index in [1.807, 2.05) is 0 Å². The SMILES string of the molecule is COc1ccc(S(=O)(=O)NC(C)C)cc1NC(=O)CCCN(c1ccc2c(c1)OCCO2)S(C)(=O)=O. The normalized spacial score (nSPS) is 13.4. The van der Waals surface area contributed by atoms with Gasteiger partial charge in [0.05, 0.1) is 29.6 Å². The molecule has 0 spiro atoms. The summed E-state index contributed by atoms with van der Waals surface area (Å²) in [4.78, 5) is 12.6. The van der Waals surface area contributed by atoms with E-state index in [9.17, 15) is 21.6 Å². The predicted octanol–water partition coefficient (Wildman–Crippen LogP) is 2.34. The van der Waals surface area contributed by atoms with Gasteiger partial charge in [0.15, 0.2) is 11.5 Å². The summed E-state index contributed by atoms with van der Waals surface area (Å²) < 4.78 is 69.8. The number of hydrogen-bond donors (Lipinski definition) is 2. The fourth-order valence-electron chi connectivity index (χ4n) is 3.60. The van der Waals surface area contributed by atoms with Gasteiger partial charge in [-0.15, -0.1) is 0 Å². The molecule has 3 rings (SSSR count). The maximum Gasteiger partial charge on any atom is 0.240 e. The molecular formula is C23H31N3O8S2. The minimum Gasteiger partial charge on any atom is -0.495 e. The number of ether oxygens (including phenoxy) is 3. The molecule has 11 nitrogen and oxygen atoms in total. The number of nitrogens with one attached hydrogen (secondary N) is 2. The Labute approximate surface area is 211 Å². The highest BCUT2D eigenvalue weighted by Crippen LogP contribution is 2.35. The zero-order valence-corrected chi connectivity index (χ0v) is 22.2. The lowest BCUT2D eigenvalue weighted by molar-refractivity contribution is -0.116. The Hall–Kier alpha value is -3.03. The molecule has 0 fully saturated rings. The first-order valence-corrected chi connectivity index (χ1v) is 14.6. The molecule has 0 saturated heterocycles. The van der Waals surface area contributed by atoms with Gasteiger partial charge in [-0.3, -0.25) is 9.10 Å². The van der Waals surface area contributed by atoms with Crippen molar-refractivity contribution in [1.82, 2.24) is 4.72 Å². The fourth-order valence-corrected chi connectivity index (χ4v) is 5.83. The van der Waals surface area contributed by atoms with Crippen LogP contribution in [0.5, 0.6) is 17.2 Å². The minimum absolute atomic E-state index is 0.0129. The molecule has 36 heavy (non-hydrogen) atoms.